The van der Waals surface area contributed by atoms with Crippen molar-refractivity contribution < 1.29 is 0 Å². The molecule has 19 heavy (non-hydrogen) atoms. The summed E-state index contributed by atoms with van der Waals surface area (Å²) < 4.78 is 0. The largest absolute Gasteiger partial charge is 0.368 e. The second kappa shape index (κ2) is 9.96. The average molecular weight is 285 g/mol. The Morgan fingerprint density at radius 2 is 1.42 bits per heavy atom. The Morgan fingerprint density at radius 3 is 2.00 bits per heavy atom. The average Bonchev–Trinajstić information content (AvgIpc) is 2.36. The number of nitrogens with zero attached hydrogens (tertiary/aromatic N) is 3. The van der Waals surface area contributed by atoms with Gasteiger partial charge in [0.2, 0.25) is 11.2 Å². The van der Waals surface area contributed by atoms with Crippen molar-refractivity contribution >= 4 is 17.5 Å². The summed E-state index contributed by atoms with van der Waals surface area (Å²) in [5.74, 6) is 0.923. The van der Waals surface area contributed by atoms with Crippen LogP contribution in [0.1, 0.15) is 70.5 Å². The first-order valence-corrected chi connectivity index (χ1v) is 7.76. The van der Waals surface area contributed by atoms with Crippen molar-refractivity contribution in [1.29, 1.82) is 0 Å². The molecule has 1 rings (SSSR count). The number of halogens is 1. The number of unbranched alkanes of at least 4 members (excludes halogenated alkanes) is 8. The van der Waals surface area contributed by atoms with Crippen LogP contribution in [0.4, 0.5) is 5.95 Å². The Kier molecular flexibility index (Phi) is 8.47. The van der Waals surface area contributed by atoms with Crippen molar-refractivity contribution in [2.24, 2.45) is 0 Å². The minimum atomic E-state index is 0.193. The van der Waals surface area contributed by atoms with E-state index in [2.05, 4.69) is 21.9 Å². The van der Waals surface area contributed by atoms with Crippen LogP contribution in [-0.2, 0) is 6.42 Å². The lowest BCUT2D eigenvalue weighted by molar-refractivity contribution is 0.562. The fraction of sp³-hybridized carbons (Fsp3) is 0.786. The van der Waals surface area contributed by atoms with Crippen LogP contribution in [0.3, 0.4) is 0 Å². The van der Waals surface area contributed by atoms with Gasteiger partial charge in [-0.2, -0.15) is 9.97 Å². The second-order valence-electron chi connectivity index (χ2n) is 4.96. The molecule has 0 aliphatic carbocycles. The Bertz CT molecular complexity index is 337. The van der Waals surface area contributed by atoms with Gasteiger partial charge in [-0.15, -0.1) is 0 Å². The molecule has 4 nitrogen and oxygen atoms in total. The van der Waals surface area contributed by atoms with Gasteiger partial charge in [-0.3, -0.25) is 0 Å². The van der Waals surface area contributed by atoms with Crippen molar-refractivity contribution in [1.82, 2.24) is 15.0 Å². The fourth-order valence-corrected chi connectivity index (χ4v) is 2.30. The Labute approximate surface area is 121 Å². The van der Waals surface area contributed by atoms with Gasteiger partial charge in [0.05, 0.1) is 0 Å². The summed E-state index contributed by atoms with van der Waals surface area (Å²) >= 11 is 5.73. The number of nitrogen functional groups attached to an aromatic ring is 1. The van der Waals surface area contributed by atoms with E-state index < -0.39 is 0 Å². The molecule has 0 atom stereocenters. The van der Waals surface area contributed by atoms with Crippen LogP contribution >= 0.6 is 11.6 Å². The summed E-state index contributed by atoms with van der Waals surface area (Å²) in [4.78, 5) is 11.9. The molecular formula is C14H25ClN4. The van der Waals surface area contributed by atoms with Crippen LogP contribution in [0.25, 0.3) is 0 Å². The van der Waals surface area contributed by atoms with Gasteiger partial charge in [0.25, 0.3) is 0 Å². The lowest BCUT2D eigenvalue weighted by Crippen LogP contribution is -2.03. The number of hydrogen-bond donors (Lipinski definition) is 1. The topological polar surface area (TPSA) is 64.7 Å². The normalized spacial score (nSPS) is 10.8. The minimum Gasteiger partial charge on any atom is -0.368 e. The second-order valence-corrected chi connectivity index (χ2v) is 5.30. The van der Waals surface area contributed by atoms with Gasteiger partial charge >= 0.3 is 0 Å². The third-order valence-corrected chi connectivity index (χ3v) is 3.34. The zero-order chi connectivity index (χ0) is 13.9. The van der Waals surface area contributed by atoms with Crippen LogP contribution in [0.5, 0.6) is 0 Å². The maximum absolute atomic E-state index is 5.73. The van der Waals surface area contributed by atoms with Gasteiger partial charge in [-0.05, 0) is 18.0 Å². The molecule has 1 aromatic rings. The highest BCUT2D eigenvalue weighted by molar-refractivity contribution is 6.28. The molecule has 0 aliphatic heterocycles. The first-order valence-electron chi connectivity index (χ1n) is 7.38. The van der Waals surface area contributed by atoms with E-state index in [1.165, 1.54) is 51.4 Å². The first-order chi connectivity index (χ1) is 9.22. The summed E-state index contributed by atoms with van der Waals surface area (Å²) in [5.41, 5.74) is 5.52. The van der Waals surface area contributed by atoms with Gasteiger partial charge in [-0.1, -0.05) is 58.3 Å². The third-order valence-electron chi connectivity index (χ3n) is 3.18. The van der Waals surface area contributed by atoms with E-state index in [1.807, 2.05) is 0 Å². The SMILES string of the molecule is CCCCCCCCCCCc1nc(N)nc(Cl)n1. The lowest BCUT2D eigenvalue weighted by atomic mass is 10.1. The molecule has 2 N–H and O–H groups in total. The van der Waals surface area contributed by atoms with Crippen molar-refractivity contribution in [2.45, 2.75) is 71.1 Å². The molecular weight excluding hydrogens is 260 g/mol. The molecule has 1 heterocycles. The molecule has 0 spiro atoms. The van der Waals surface area contributed by atoms with E-state index in [0.29, 0.717) is 5.82 Å². The number of anilines is 1. The fourth-order valence-electron chi connectivity index (χ4n) is 2.11. The van der Waals surface area contributed by atoms with Gasteiger partial charge < -0.3 is 5.73 Å². The number of rotatable bonds is 10. The summed E-state index contributed by atoms with van der Waals surface area (Å²) in [5, 5.41) is 0.193. The predicted octanol–water partition coefficient (Wildman–Crippen LogP) is 4.18. The first kappa shape index (κ1) is 16.2. The summed E-state index contributed by atoms with van der Waals surface area (Å²) in [6.45, 7) is 2.25. The molecule has 0 saturated carbocycles. The molecule has 0 radical (unpaired) electrons. The number of nitrogens with two attached hydrogens (primary N) is 1. The van der Waals surface area contributed by atoms with Crippen molar-refractivity contribution in [3.63, 3.8) is 0 Å². The van der Waals surface area contributed by atoms with Gasteiger partial charge in [0.1, 0.15) is 5.82 Å². The van der Waals surface area contributed by atoms with Crippen LogP contribution in [0.15, 0.2) is 0 Å². The molecule has 0 fully saturated rings. The third kappa shape index (κ3) is 7.98. The van der Waals surface area contributed by atoms with E-state index in [-0.39, 0.29) is 11.2 Å². The van der Waals surface area contributed by atoms with E-state index in [0.717, 1.165) is 12.8 Å². The molecule has 108 valence electrons. The van der Waals surface area contributed by atoms with E-state index in [1.54, 1.807) is 0 Å². The van der Waals surface area contributed by atoms with Crippen molar-refractivity contribution in [3.05, 3.63) is 11.1 Å². The van der Waals surface area contributed by atoms with Crippen LogP contribution < -0.4 is 5.73 Å². The monoisotopic (exact) mass is 284 g/mol. The standard InChI is InChI=1S/C14H25ClN4/c1-2-3-4-5-6-7-8-9-10-11-12-17-13(15)19-14(16)18-12/h2-11H2,1H3,(H2,16,17,18,19). The van der Waals surface area contributed by atoms with E-state index in [9.17, 15) is 0 Å². The minimum absolute atomic E-state index is 0.193. The Hall–Kier alpha value is -0.900. The number of hydrogen-bond acceptors (Lipinski definition) is 4. The smallest absolute Gasteiger partial charge is 0.227 e. The van der Waals surface area contributed by atoms with Crippen molar-refractivity contribution in [2.75, 3.05) is 5.73 Å². The molecule has 0 aromatic carbocycles. The number of aryl methyl sites for hydroxylation is 1. The van der Waals surface area contributed by atoms with Crippen LogP contribution in [-0.4, -0.2) is 15.0 Å². The van der Waals surface area contributed by atoms with Gasteiger partial charge in [0, 0.05) is 6.42 Å². The Balaban J connectivity index is 2.01. The van der Waals surface area contributed by atoms with Gasteiger partial charge in [0.15, 0.2) is 0 Å². The lowest BCUT2D eigenvalue weighted by Gasteiger charge is -2.02. The molecule has 0 unspecified atom stereocenters. The highest BCUT2D eigenvalue weighted by Gasteiger charge is 2.02. The molecule has 0 aliphatic rings. The van der Waals surface area contributed by atoms with Crippen molar-refractivity contribution in [3.8, 4) is 0 Å². The summed E-state index contributed by atoms with van der Waals surface area (Å²) in [6, 6.07) is 0. The predicted molar refractivity (Wildman–Crippen MR) is 80.2 cm³/mol. The number of aromatic nitrogens is 3. The molecule has 0 amide bonds. The molecule has 0 saturated heterocycles. The quantitative estimate of drug-likeness (QED) is 0.655. The summed E-state index contributed by atoms with van der Waals surface area (Å²) in [7, 11) is 0. The highest BCUT2D eigenvalue weighted by Crippen LogP contribution is 2.11. The highest BCUT2D eigenvalue weighted by atomic mass is 35.5. The maximum Gasteiger partial charge on any atom is 0.227 e. The van der Waals surface area contributed by atoms with E-state index >= 15 is 0 Å². The maximum atomic E-state index is 5.73. The zero-order valence-corrected chi connectivity index (χ0v) is 12.6. The van der Waals surface area contributed by atoms with Crippen LogP contribution in [0, 0.1) is 0 Å². The molecule has 1 aromatic heterocycles. The Morgan fingerprint density at radius 1 is 0.842 bits per heavy atom. The molecule has 5 heteroatoms. The molecule has 0 bridgehead atoms. The zero-order valence-electron chi connectivity index (χ0n) is 11.9. The summed E-state index contributed by atoms with van der Waals surface area (Å²) in [6.07, 6.45) is 12.6. The van der Waals surface area contributed by atoms with E-state index in [4.69, 9.17) is 17.3 Å². The van der Waals surface area contributed by atoms with Crippen LogP contribution in [0.2, 0.25) is 5.28 Å². The van der Waals surface area contributed by atoms with Gasteiger partial charge in [-0.25, -0.2) is 4.98 Å².